The number of fused-ring (bicyclic) bond motifs is 3. The average Bonchev–Trinajstić information content (AvgIpc) is 3.06. The van der Waals surface area contributed by atoms with E-state index in [1.165, 1.54) is 28.4 Å². The Balaban J connectivity index is 1.83. The first-order chi connectivity index (χ1) is 23.4. The Morgan fingerprint density at radius 2 is 1.14 bits per heavy atom. The van der Waals surface area contributed by atoms with Crippen LogP contribution in [0.4, 0.5) is 0 Å². The highest BCUT2D eigenvalue weighted by atomic mass is 16.8. The fraction of sp³-hybridized carbons (Fsp3) is 0.900. The van der Waals surface area contributed by atoms with Gasteiger partial charge in [-0.3, -0.25) is 14.4 Å². The van der Waals surface area contributed by atoms with Crippen LogP contribution < -0.4 is 0 Å². The van der Waals surface area contributed by atoms with E-state index in [0.29, 0.717) is 0 Å². The van der Waals surface area contributed by atoms with Gasteiger partial charge in [0, 0.05) is 54.1 Å². The van der Waals surface area contributed by atoms with Gasteiger partial charge in [-0.2, -0.15) is 0 Å². The molecule has 4 aliphatic rings. The summed E-state index contributed by atoms with van der Waals surface area (Å²) in [7, 11) is 5.53. The van der Waals surface area contributed by atoms with Crippen LogP contribution in [-0.2, 0) is 76.0 Å². The van der Waals surface area contributed by atoms with E-state index in [9.17, 15) is 25.0 Å². The summed E-state index contributed by atoms with van der Waals surface area (Å²) in [6.07, 6.45) is -13.7. The van der Waals surface area contributed by atoms with Crippen molar-refractivity contribution in [2.24, 2.45) is 5.11 Å². The molecule has 15 atom stereocenters. The van der Waals surface area contributed by atoms with Crippen LogP contribution >= 0.6 is 0 Å². The third kappa shape index (κ3) is 7.17. The van der Waals surface area contributed by atoms with Crippen LogP contribution in [0, 0.1) is 0 Å². The zero-order chi connectivity index (χ0) is 37.4. The van der Waals surface area contributed by atoms with Gasteiger partial charge in [0.15, 0.2) is 18.5 Å². The summed E-state index contributed by atoms with van der Waals surface area (Å²) in [6.45, 7) is 9.13. The normalized spacial score (nSPS) is 45.6. The first-order valence-corrected chi connectivity index (χ1v) is 15.8. The van der Waals surface area contributed by atoms with Gasteiger partial charge >= 0.3 is 17.9 Å². The molecule has 3 saturated heterocycles. The molecule has 4 fully saturated rings. The molecule has 1 aliphatic carbocycles. The SMILES string of the molecule is COC1(C)O[C@@H]2[C@@H](OC1(C)OC)[C@@H](O[C@H]1O[C@H](COC(C)=O)[C@H](OC(C)=O)[C@H](OC(C)=O)[C@H]1N=[N+]=[N-])[C@H](O)[C@@H]1OC(C)(OC)C(C)(OC)O[C@@H]21. The lowest BCUT2D eigenvalue weighted by Crippen LogP contribution is -2.80. The number of rotatable bonds is 11. The molecule has 50 heavy (non-hydrogen) atoms. The zero-order valence-corrected chi connectivity index (χ0v) is 29.9. The molecule has 0 bridgehead atoms. The maximum atomic E-state index is 12.3. The summed E-state index contributed by atoms with van der Waals surface area (Å²) in [4.78, 5) is 39.1. The molecule has 0 aromatic heterocycles. The Kier molecular flexibility index (Phi) is 12.1. The van der Waals surface area contributed by atoms with Crippen molar-refractivity contribution in [1.82, 2.24) is 0 Å². The topological polar surface area (TPSA) is 240 Å². The predicted octanol–water partition coefficient (Wildman–Crippen LogP) is 0.595. The molecule has 20 nitrogen and oxygen atoms in total. The van der Waals surface area contributed by atoms with Crippen molar-refractivity contribution < 1.29 is 81.1 Å². The second-order valence-corrected chi connectivity index (χ2v) is 12.7. The molecule has 0 aromatic rings. The minimum Gasteiger partial charge on any atom is -0.463 e. The van der Waals surface area contributed by atoms with Crippen LogP contribution in [0.2, 0.25) is 0 Å². The predicted molar refractivity (Wildman–Crippen MR) is 161 cm³/mol. The van der Waals surface area contributed by atoms with Crippen LogP contribution in [0.15, 0.2) is 5.11 Å². The Labute approximate surface area is 288 Å². The van der Waals surface area contributed by atoms with E-state index >= 15 is 0 Å². The van der Waals surface area contributed by atoms with E-state index in [0.717, 1.165) is 20.8 Å². The van der Waals surface area contributed by atoms with E-state index in [-0.39, 0.29) is 0 Å². The Bertz CT molecular complexity index is 1320. The molecule has 0 aromatic carbocycles. The van der Waals surface area contributed by atoms with Crippen LogP contribution in [0.5, 0.6) is 0 Å². The number of carbonyl (C=O) groups is 3. The average molecular weight is 722 g/mol. The Morgan fingerprint density at radius 3 is 1.58 bits per heavy atom. The van der Waals surface area contributed by atoms with E-state index in [1.54, 1.807) is 27.7 Å². The summed E-state index contributed by atoms with van der Waals surface area (Å²) in [6, 6.07) is -1.53. The number of hydrogen-bond acceptors (Lipinski definition) is 18. The summed E-state index contributed by atoms with van der Waals surface area (Å²) >= 11 is 0. The van der Waals surface area contributed by atoms with Gasteiger partial charge in [-0.25, -0.2) is 0 Å². The lowest BCUT2D eigenvalue weighted by atomic mass is 9.80. The lowest BCUT2D eigenvalue weighted by Gasteiger charge is -2.62. The molecule has 4 unspecified atom stereocenters. The van der Waals surface area contributed by atoms with Crippen LogP contribution in [0.3, 0.4) is 0 Å². The smallest absolute Gasteiger partial charge is 0.303 e. The summed E-state index contributed by atoms with van der Waals surface area (Å²) in [5.74, 6) is -8.61. The third-order valence-electron chi connectivity index (χ3n) is 9.77. The summed E-state index contributed by atoms with van der Waals surface area (Å²) in [5.41, 5.74) is 9.58. The molecule has 1 saturated carbocycles. The summed E-state index contributed by atoms with van der Waals surface area (Å²) < 4.78 is 77.3. The standard InChI is InChI=1S/C30H47N3O17/c1-13(34)42-12-16-19(43-14(2)35)20(44-15(3)36)17(32-33-31)26(45-16)46-21-18(37)22-24(49-28(5,39-9)27(4,38-8)47-22)25-23(21)48-29(6,40-10)30(7,41-11)50-25/h16-26,37H,12H2,1-11H3/t16-,17-,18+,19+,20-,21+,22+,23+,24-,25-,26-,27?,28?,29?,30?/m1/s1. The number of azide groups is 1. The van der Waals surface area contributed by atoms with Crippen molar-refractivity contribution in [3.05, 3.63) is 10.4 Å². The largest absolute Gasteiger partial charge is 0.463 e. The highest BCUT2D eigenvalue weighted by Crippen LogP contribution is 2.50. The fourth-order valence-electron chi connectivity index (χ4n) is 6.57. The number of aliphatic hydroxyl groups excluding tert-OH is 1. The number of nitrogens with zero attached hydrogens (tertiary/aromatic N) is 3. The quantitative estimate of drug-likeness (QED) is 0.101. The van der Waals surface area contributed by atoms with Gasteiger partial charge < -0.3 is 66.7 Å². The number of ether oxygens (including phenoxy) is 13. The number of methoxy groups -OCH3 is 4. The van der Waals surface area contributed by atoms with Crippen LogP contribution in [-0.4, -0.2) is 148 Å². The Hall–Kier alpha value is -2.72. The molecule has 284 valence electrons. The molecule has 3 heterocycles. The van der Waals surface area contributed by atoms with Gasteiger partial charge in [-0.05, 0) is 33.2 Å². The van der Waals surface area contributed by atoms with Crippen molar-refractivity contribution in [2.75, 3.05) is 35.0 Å². The second-order valence-electron chi connectivity index (χ2n) is 12.7. The first kappa shape index (κ1) is 40.1. The van der Waals surface area contributed by atoms with Gasteiger partial charge in [0.05, 0.1) is 0 Å². The number of hydrogen-bond donors (Lipinski definition) is 1. The molecule has 0 amide bonds. The fourth-order valence-corrected chi connectivity index (χ4v) is 6.57. The monoisotopic (exact) mass is 721 g/mol. The molecular weight excluding hydrogens is 674 g/mol. The summed E-state index contributed by atoms with van der Waals surface area (Å²) in [5, 5.41) is 15.8. The maximum Gasteiger partial charge on any atom is 0.303 e. The van der Waals surface area contributed by atoms with E-state index in [2.05, 4.69) is 10.0 Å². The van der Waals surface area contributed by atoms with Gasteiger partial charge in [0.2, 0.25) is 23.1 Å². The van der Waals surface area contributed by atoms with Crippen LogP contribution in [0.25, 0.3) is 10.4 Å². The van der Waals surface area contributed by atoms with Gasteiger partial charge in [-0.1, -0.05) is 5.11 Å². The minimum absolute atomic E-state index is 0.496. The molecular formula is C30H47N3O17. The van der Waals surface area contributed by atoms with Gasteiger partial charge in [0.25, 0.3) is 0 Å². The maximum absolute atomic E-state index is 12.3. The number of carbonyl (C=O) groups excluding carboxylic acids is 3. The molecule has 3 aliphatic heterocycles. The van der Waals surface area contributed by atoms with Crippen molar-refractivity contribution in [2.45, 2.75) is 139 Å². The third-order valence-corrected chi connectivity index (χ3v) is 9.77. The molecule has 4 rings (SSSR count). The molecule has 1 N–H and O–H groups in total. The zero-order valence-electron chi connectivity index (χ0n) is 29.9. The number of esters is 3. The van der Waals surface area contributed by atoms with Crippen molar-refractivity contribution in [3.63, 3.8) is 0 Å². The molecule has 0 radical (unpaired) electrons. The van der Waals surface area contributed by atoms with Crippen molar-refractivity contribution in [1.29, 1.82) is 0 Å². The first-order valence-electron chi connectivity index (χ1n) is 15.8. The highest BCUT2D eigenvalue weighted by molar-refractivity contribution is 5.68. The molecule has 0 spiro atoms. The minimum atomic E-state index is -1.66. The van der Waals surface area contributed by atoms with E-state index in [4.69, 9.17) is 61.6 Å². The molecule has 20 heteroatoms. The van der Waals surface area contributed by atoms with E-state index < -0.39 is 115 Å². The highest BCUT2D eigenvalue weighted by Gasteiger charge is 2.70. The van der Waals surface area contributed by atoms with Crippen molar-refractivity contribution in [3.8, 4) is 0 Å². The Morgan fingerprint density at radius 1 is 0.700 bits per heavy atom. The van der Waals surface area contributed by atoms with Crippen molar-refractivity contribution >= 4 is 17.9 Å². The second kappa shape index (κ2) is 15.1. The number of aliphatic hydroxyl groups is 1. The van der Waals surface area contributed by atoms with Crippen LogP contribution in [0.1, 0.15) is 48.5 Å². The lowest BCUT2D eigenvalue weighted by molar-refractivity contribution is -0.513. The van der Waals surface area contributed by atoms with Gasteiger partial charge in [-0.15, -0.1) is 0 Å². The van der Waals surface area contributed by atoms with E-state index in [1.807, 2.05) is 0 Å². The van der Waals surface area contributed by atoms with Gasteiger partial charge in [0.1, 0.15) is 55.4 Å².